The first-order valence-electron chi connectivity index (χ1n) is 7.94. The Bertz CT molecular complexity index is 570. The smallest absolute Gasteiger partial charge is 0.127 e. The average molecular weight is 285 g/mol. The molecule has 0 bridgehead atoms. The second-order valence-corrected chi connectivity index (χ2v) is 6.19. The van der Waals surface area contributed by atoms with Gasteiger partial charge in [0.05, 0.1) is 5.69 Å². The Morgan fingerprint density at radius 3 is 2.38 bits per heavy atom. The van der Waals surface area contributed by atoms with E-state index in [2.05, 4.69) is 56.5 Å². The summed E-state index contributed by atoms with van der Waals surface area (Å²) in [6.45, 7) is 9.74. The molecule has 1 atom stereocenters. The molecule has 2 N–H and O–H groups in total. The average Bonchev–Trinajstić information content (AvgIpc) is 2.76. The zero-order valence-electron chi connectivity index (χ0n) is 13.6. The van der Waals surface area contributed by atoms with Crippen LogP contribution in [0.2, 0.25) is 0 Å². The highest BCUT2D eigenvalue weighted by atomic mass is 15.1. The molecule has 0 aliphatic rings. The van der Waals surface area contributed by atoms with Gasteiger partial charge < -0.3 is 10.3 Å². The molecule has 0 aliphatic carbocycles. The van der Waals surface area contributed by atoms with E-state index in [1.165, 1.54) is 5.56 Å². The number of hydrogen-bond acceptors (Lipinski definition) is 2. The first kappa shape index (κ1) is 15.6. The van der Waals surface area contributed by atoms with Gasteiger partial charge >= 0.3 is 0 Å². The lowest BCUT2D eigenvalue weighted by atomic mass is 9.98. The third kappa shape index (κ3) is 3.46. The van der Waals surface area contributed by atoms with Crippen molar-refractivity contribution in [3.8, 4) is 0 Å². The number of anilines is 1. The number of nitrogens with two attached hydrogens (primary N) is 1. The fourth-order valence-electron chi connectivity index (χ4n) is 2.74. The summed E-state index contributed by atoms with van der Waals surface area (Å²) < 4.78 is 2.21. The van der Waals surface area contributed by atoms with Gasteiger partial charge in [-0.1, -0.05) is 58.0 Å². The topological polar surface area (TPSA) is 43.8 Å². The van der Waals surface area contributed by atoms with Crippen molar-refractivity contribution in [1.82, 2.24) is 9.55 Å². The molecule has 0 saturated carbocycles. The van der Waals surface area contributed by atoms with Crippen molar-refractivity contribution in [2.24, 2.45) is 5.92 Å². The Kier molecular flexibility index (Phi) is 5.05. The van der Waals surface area contributed by atoms with Crippen LogP contribution >= 0.6 is 0 Å². The van der Waals surface area contributed by atoms with Gasteiger partial charge in [-0.2, -0.15) is 0 Å². The lowest BCUT2D eigenvalue weighted by molar-refractivity contribution is 0.510. The van der Waals surface area contributed by atoms with Crippen LogP contribution in [0, 0.1) is 5.92 Å². The Morgan fingerprint density at radius 1 is 1.14 bits per heavy atom. The maximum Gasteiger partial charge on any atom is 0.127 e. The van der Waals surface area contributed by atoms with Crippen LogP contribution in [-0.2, 0) is 13.0 Å². The number of benzene rings is 1. The third-order valence-electron chi connectivity index (χ3n) is 3.85. The summed E-state index contributed by atoms with van der Waals surface area (Å²) in [5.74, 6) is 2.76. The van der Waals surface area contributed by atoms with Crippen LogP contribution in [0.15, 0.2) is 30.3 Å². The Balaban J connectivity index is 2.40. The highest BCUT2D eigenvalue weighted by Gasteiger charge is 2.20. The van der Waals surface area contributed by atoms with Crippen molar-refractivity contribution in [3.63, 3.8) is 0 Å². The number of rotatable bonds is 6. The maximum atomic E-state index is 6.42. The normalized spacial score (nSPS) is 12.8. The predicted octanol–water partition coefficient (Wildman–Crippen LogP) is 4.23. The van der Waals surface area contributed by atoms with Gasteiger partial charge in [-0.15, -0.1) is 0 Å². The van der Waals surface area contributed by atoms with E-state index < -0.39 is 0 Å². The molecule has 1 unspecified atom stereocenters. The Labute approximate surface area is 128 Å². The number of aryl methyl sites for hydroxylation is 1. The molecular formula is C18H27N3. The van der Waals surface area contributed by atoms with Crippen LogP contribution in [0.1, 0.15) is 57.1 Å². The second-order valence-electron chi connectivity index (χ2n) is 6.19. The molecule has 1 heterocycles. The minimum atomic E-state index is 0.232. The van der Waals surface area contributed by atoms with Crippen LogP contribution in [0.4, 0.5) is 5.82 Å². The van der Waals surface area contributed by atoms with Crippen LogP contribution in [0.5, 0.6) is 0 Å². The Morgan fingerprint density at radius 2 is 1.81 bits per heavy atom. The molecular weight excluding hydrogens is 258 g/mol. The van der Waals surface area contributed by atoms with Gasteiger partial charge in [-0.3, -0.25) is 0 Å². The number of nitrogens with zero attached hydrogens (tertiary/aromatic N) is 2. The summed E-state index contributed by atoms with van der Waals surface area (Å²) in [7, 11) is 0. The molecule has 3 heteroatoms. The minimum absolute atomic E-state index is 0.232. The number of hydrogen-bond donors (Lipinski definition) is 1. The lowest BCUT2D eigenvalue weighted by Crippen LogP contribution is -2.12. The third-order valence-corrected chi connectivity index (χ3v) is 3.85. The molecule has 1 aromatic heterocycles. The molecule has 0 fully saturated rings. The first-order chi connectivity index (χ1) is 10.0. The highest BCUT2D eigenvalue weighted by Crippen LogP contribution is 2.29. The zero-order valence-corrected chi connectivity index (χ0v) is 13.6. The molecule has 21 heavy (non-hydrogen) atoms. The molecule has 2 rings (SSSR count). The highest BCUT2D eigenvalue weighted by molar-refractivity contribution is 5.44. The SMILES string of the molecule is CCCc1nc(C(C)c2ccccc2)c(N)n1CC(C)C. The monoisotopic (exact) mass is 285 g/mol. The second kappa shape index (κ2) is 6.79. The largest absolute Gasteiger partial charge is 0.384 e. The summed E-state index contributed by atoms with van der Waals surface area (Å²) >= 11 is 0. The molecule has 0 spiro atoms. The summed E-state index contributed by atoms with van der Waals surface area (Å²) in [6, 6.07) is 10.5. The van der Waals surface area contributed by atoms with Crippen molar-refractivity contribution in [2.45, 2.75) is 53.0 Å². The molecule has 0 radical (unpaired) electrons. The Hall–Kier alpha value is -1.77. The van der Waals surface area contributed by atoms with Crippen LogP contribution in [0.25, 0.3) is 0 Å². The number of nitrogen functional groups attached to an aromatic ring is 1. The molecule has 0 aliphatic heterocycles. The van der Waals surface area contributed by atoms with E-state index in [1.54, 1.807) is 0 Å². The zero-order chi connectivity index (χ0) is 15.4. The van der Waals surface area contributed by atoms with Crippen molar-refractivity contribution in [2.75, 3.05) is 5.73 Å². The lowest BCUT2D eigenvalue weighted by Gasteiger charge is -2.13. The van der Waals surface area contributed by atoms with Gasteiger partial charge in [0.1, 0.15) is 11.6 Å². The van der Waals surface area contributed by atoms with E-state index >= 15 is 0 Å². The summed E-state index contributed by atoms with van der Waals surface area (Å²) in [5.41, 5.74) is 8.71. The van der Waals surface area contributed by atoms with Crippen molar-refractivity contribution in [1.29, 1.82) is 0 Å². The van der Waals surface area contributed by atoms with Crippen molar-refractivity contribution < 1.29 is 0 Å². The van der Waals surface area contributed by atoms with E-state index in [-0.39, 0.29) is 5.92 Å². The van der Waals surface area contributed by atoms with E-state index in [1.807, 2.05) is 6.07 Å². The van der Waals surface area contributed by atoms with E-state index in [0.29, 0.717) is 5.92 Å². The first-order valence-corrected chi connectivity index (χ1v) is 7.94. The molecule has 3 nitrogen and oxygen atoms in total. The molecule has 114 valence electrons. The molecule has 0 amide bonds. The van der Waals surface area contributed by atoms with Gasteiger partial charge in [0.15, 0.2) is 0 Å². The predicted molar refractivity (Wildman–Crippen MR) is 89.4 cm³/mol. The van der Waals surface area contributed by atoms with Crippen molar-refractivity contribution in [3.05, 3.63) is 47.4 Å². The van der Waals surface area contributed by atoms with Crippen LogP contribution < -0.4 is 5.73 Å². The van der Waals surface area contributed by atoms with Crippen LogP contribution in [0.3, 0.4) is 0 Å². The molecule has 0 saturated heterocycles. The van der Waals surface area contributed by atoms with Gasteiger partial charge in [0.25, 0.3) is 0 Å². The summed E-state index contributed by atoms with van der Waals surface area (Å²) in [6.07, 6.45) is 2.08. The molecule has 1 aromatic carbocycles. The van der Waals surface area contributed by atoms with Crippen LogP contribution in [-0.4, -0.2) is 9.55 Å². The van der Waals surface area contributed by atoms with E-state index in [9.17, 15) is 0 Å². The number of aromatic nitrogens is 2. The van der Waals surface area contributed by atoms with Gasteiger partial charge in [0.2, 0.25) is 0 Å². The molecule has 2 aromatic rings. The summed E-state index contributed by atoms with van der Waals surface area (Å²) in [4.78, 5) is 4.87. The maximum absolute atomic E-state index is 6.42. The standard InChI is InChI=1S/C18H27N3/c1-5-9-16-20-17(18(19)21(16)12-13(2)3)14(4)15-10-7-6-8-11-15/h6-8,10-11,13-14H,5,9,12,19H2,1-4H3. The van der Waals surface area contributed by atoms with Gasteiger partial charge in [0, 0.05) is 18.9 Å². The minimum Gasteiger partial charge on any atom is -0.384 e. The van der Waals surface area contributed by atoms with Crippen molar-refractivity contribution >= 4 is 5.82 Å². The van der Waals surface area contributed by atoms with E-state index in [0.717, 1.165) is 36.7 Å². The fraction of sp³-hybridized carbons (Fsp3) is 0.500. The fourth-order valence-corrected chi connectivity index (χ4v) is 2.74. The number of imidazole rings is 1. The van der Waals surface area contributed by atoms with Gasteiger partial charge in [-0.25, -0.2) is 4.98 Å². The quantitative estimate of drug-likeness (QED) is 0.863. The van der Waals surface area contributed by atoms with E-state index in [4.69, 9.17) is 10.7 Å². The summed E-state index contributed by atoms with van der Waals surface area (Å²) in [5, 5.41) is 0. The van der Waals surface area contributed by atoms with Gasteiger partial charge in [-0.05, 0) is 17.9 Å².